The van der Waals surface area contributed by atoms with Gasteiger partial charge in [0.15, 0.2) is 0 Å². The molecule has 0 atom stereocenters. The first-order valence-corrected chi connectivity index (χ1v) is 9.11. The van der Waals surface area contributed by atoms with Crippen LogP contribution in [0.1, 0.15) is 39.0 Å². The zero-order valence-electron chi connectivity index (χ0n) is 13.3. The molecule has 0 aromatic rings. The van der Waals surface area contributed by atoms with E-state index >= 15 is 0 Å². The Kier molecular flexibility index (Phi) is 10.3. The Morgan fingerprint density at radius 2 is 1.50 bits per heavy atom. The van der Waals surface area contributed by atoms with E-state index in [0.29, 0.717) is 0 Å². The maximum absolute atomic E-state index is 11.8. The van der Waals surface area contributed by atoms with Crippen molar-refractivity contribution in [3.63, 3.8) is 0 Å². The van der Waals surface area contributed by atoms with E-state index in [2.05, 4.69) is 19.4 Å². The standard InChI is InChI=1S/C15H27O4S/c1-6-7-8-9-10-12(11-20(4)5)13(14(16)18-2)15(17)19-3/h6-11H2,1-5H3/q+1. The fourth-order valence-electron chi connectivity index (χ4n) is 1.96. The molecule has 0 saturated carbocycles. The molecule has 4 nitrogen and oxygen atoms in total. The summed E-state index contributed by atoms with van der Waals surface area (Å²) in [7, 11) is 2.69. The van der Waals surface area contributed by atoms with E-state index in [0.717, 1.165) is 37.0 Å². The van der Waals surface area contributed by atoms with Crippen molar-refractivity contribution < 1.29 is 19.1 Å². The van der Waals surface area contributed by atoms with Crippen molar-refractivity contribution in [3.05, 3.63) is 11.1 Å². The normalized spacial score (nSPS) is 10.3. The van der Waals surface area contributed by atoms with Gasteiger partial charge >= 0.3 is 11.9 Å². The Morgan fingerprint density at radius 3 is 1.90 bits per heavy atom. The third-order valence-corrected chi connectivity index (χ3v) is 3.85. The van der Waals surface area contributed by atoms with Gasteiger partial charge in [0.05, 0.1) is 26.7 Å². The van der Waals surface area contributed by atoms with Crippen LogP contribution >= 0.6 is 0 Å². The highest BCUT2D eigenvalue weighted by atomic mass is 32.2. The van der Waals surface area contributed by atoms with Crippen LogP contribution in [0, 0.1) is 0 Å². The summed E-state index contributed by atoms with van der Waals surface area (Å²) in [6.45, 7) is 2.15. The molecule has 0 radical (unpaired) electrons. The Hall–Kier alpha value is -0.970. The third kappa shape index (κ3) is 6.98. The number of hydrogen-bond acceptors (Lipinski definition) is 4. The third-order valence-electron chi connectivity index (χ3n) is 2.93. The SMILES string of the molecule is CCCCCCC(C[S+](C)C)=C(C(=O)OC)C(=O)OC. The van der Waals surface area contributed by atoms with Crippen molar-refractivity contribution in [1.82, 2.24) is 0 Å². The van der Waals surface area contributed by atoms with Gasteiger partial charge < -0.3 is 9.47 Å². The van der Waals surface area contributed by atoms with Gasteiger partial charge in [-0.1, -0.05) is 26.2 Å². The Bertz CT molecular complexity index is 330. The second kappa shape index (κ2) is 10.8. The van der Waals surface area contributed by atoms with Gasteiger partial charge in [0.2, 0.25) is 0 Å². The van der Waals surface area contributed by atoms with Crippen LogP contribution in [0.2, 0.25) is 0 Å². The van der Waals surface area contributed by atoms with E-state index in [1.165, 1.54) is 20.6 Å². The lowest BCUT2D eigenvalue weighted by atomic mass is 10.0. The smallest absolute Gasteiger partial charge is 0.345 e. The quantitative estimate of drug-likeness (QED) is 0.164. The molecule has 0 aliphatic rings. The predicted octanol–water partition coefficient (Wildman–Crippen LogP) is 2.48. The number of methoxy groups -OCH3 is 2. The molecule has 0 aromatic carbocycles. The van der Waals surface area contributed by atoms with E-state index in [1.54, 1.807) is 0 Å². The van der Waals surface area contributed by atoms with Crippen molar-refractivity contribution in [2.24, 2.45) is 0 Å². The monoisotopic (exact) mass is 303 g/mol. The molecular formula is C15H27O4S+. The summed E-state index contributed by atoms with van der Waals surface area (Å²) < 4.78 is 9.46. The largest absolute Gasteiger partial charge is 0.465 e. The molecule has 20 heavy (non-hydrogen) atoms. The number of esters is 2. The van der Waals surface area contributed by atoms with Crippen molar-refractivity contribution >= 4 is 22.8 Å². The van der Waals surface area contributed by atoms with E-state index < -0.39 is 11.9 Å². The molecule has 0 heterocycles. The lowest BCUT2D eigenvalue weighted by molar-refractivity contribution is -0.144. The minimum Gasteiger partial charge on any atom is -0.465 e. The second-order valence-electron chi connectivity index (χ2n) is 4.90. The van der Waals surface area contributed by atoms with Crippen LogP contribution < -0.4 is 0 Å². The summed E-state index contributed by atoms with van der Waals surface area (Å²) in [4.78, 5) is 23.7. The van der Waals surface area contributed by atoms with Crippen LogP contribution in [0.15, 0.2) is 11.1 Å². The number of unbranched alkanes of at least 4 members (excludes halogenated alkanes) is 3. The van der Waals surface area contributed by atoms with Gasteiger partial charge in [-0.25, -0.2) is 9.59 Å². The molecule has 0 aromatic heterocycles. The highest BCUT2D eigenvalue weighted by Crippen LogP contribution is 2.19. The fraction of sp³-hybridized carbons (Fsp3) is 0.733. The average Bonchev–Trinajstić information content (AvgIpc) is 2.42. The molecular weight excluding hydrogens is 276 g/mol. The van der Waals surface area contributed by atoms with Crippen LogP contribution in [0.25, 0.3) is 0 Å². The van der Waals surface area contributed by atoms with Gasteiger partial charge in [0.1, 0.15) is 11.3 Å². The summed E-state index contributed by atoms with van der Waals surface area (Å²) in [5.74, 6) is -0.438. The minimum absolute atomic E-state index is 0.0905. The lowest BCUT2D eigenvalue weighted by Gasteiger charge is -2.11. The maximum atomic E-state index is 11.8. The van der Waals surface area contributed by atoms with E-state index in [4.69, 9.17) is 9.47 Å². The van der Waals surface area contributed by atoms with Crippen LogP contribution in [-0.2, 0) is 30.0 Å². The van der Waals surface area contributed by atoms with E-state index in [-0.39, 0.29) is 16.5 Å². The number of ether oxygens (including phenoxy) is 2. The summed E-state index contributed by atoms with van der Waals surface area (Å²) in [6.07, 6.45) is 9.37. The highest BCUT2D eigenvalue weighted by molar-refractivity contribution is 7.95. The van der Waals surface area contributed by atoms with Crippen molar-refractivity contribution in [2.45, 2.75) is 39.0 Å². The maximum Gasteiger partial charge on any atom is 0.345 e. The molecule has 0 aliphatic carbocycles. The summed E-state index contributed by atoms with van der Waals surface area (Å²) >= 11 is 0. The van der Waals surface area contributed by atoms with E-state index in [9.17, 15) is 9.59 Å². The summed E-state index contributed by atoms with van der Waals surface area (Å²) in [5.41, 5.74) is 0.959. The summed E-state index contributed by atoms with van der Waals surface area (Å²) in [5, 5.41) is 0. The van der Waals surface area contributed by atoms with Gasteiger partial charge in [-0.05, 0) is 23.7 Å². The molecule has 0 N–H and O–H groups in total. The van der Waals surface area contributed by atoms with Gasteiger partial charge in [-0.15, -0.1) is 0 Å². The molecule has 0 unspecified atom stereocenters. The lowest BCUT2D eigenvalue weighted by Crippen LogP contribution is -2.21. The highest BCUT2D eigenvalue weighted by Gasteiger charge is 2.26. The summed E-state index contributed by atoms with van der Waals surface area (Å²) in [6, 6.07) is 0. The zero-order valence-corrected chi connectivity index (χ0v) is 14.1. The topological polar surface area (TPSA) is 52.6 Å². The fourth-order valence-corrected chi connectivity index (χ4v) is 2.94. The first-order valence-electron chi connectivity index (χ1n) is 6.90. The average molecular weight is 303 g/mol. The van der Waals surface area contributed by atoms with Crippen molar-refractivity contribution in [1.29, 1.82) is 0 Å². The molecule has 0 bridgehead atoms. The predicted molar refractivity (Wildman–Crippen MR) is 83.9 cm³/mol. The first kappa shape index (κ1) is 19.0. The van der Waals surface area contributed by atoms with Gasteiger partial charge in [0, 0.05) is 5.57 Å². The number of hydrogen-bond donors (Lipinski definition) is 0. The second-order valence-corrected chi connectivity index (χ2v) is 7.16. The molecule has 0 spiro atoms. The van der Waals surface area contributed by atoms with Crippen LogP contribution in [0.3, 0.4) is 0 Å². The minimum atomic E-state index is -0.590. The van der Waals surface area contributed by atoms with Crippen LogP contribution in [-0.4, -0.2) is 44.4 Å². The molecule has 0 aliphatic heterocycles. The Morgan fingerprint density at radius 1 is 0.950 bits per heavy atom. The Balaban J connectivity index is 5.17. The molecule has 0 fully saturated rings. The van der Waals surface area contributed by atoms with E-state index in [1.807, 2.05) is 0 Å². The van der Waals surface area contributed by atoms with Crippen molar-refractivity contribution in [3.8, 4) is 0 Å². The molecule has 0 saturated heterocycles. The van der Waals surface area contributed by atoms with Crippen LogP contribution in [0.4, 0.5) is 0 Å². The van der Waals surface area contributed by atoms with Gasteiger partial charge in [0.25, 0.3) is 0 Å². The Labute approximate surface area is 125 Å². The first-order chi connectivity index (χ1) is 9.47. The number of carbonyl (C=O) groups excluding carboxylic acids is 2. The zero-order chi connectivity index (χ0) is 15.5. The van der Waals surface area contributed by atoms with Crippen molar-refractivity contribution in [2.75, 3.05) is 32.5 Å². The number of carbonyl (C=O) groups is 2. The number of rotatable bonds is 9. The van der Waals surface area contributed by atoms with Gasteiger partial charge in [-0.3, -0.25) is 0 Å². The van der Waals surface area contributed by atoms with Gasteiger partial charge in [-0.2, -0.15) is 0 Å². The molecule has 0 rings (SSSR count). The molecule has 0 amide bonds. The van der Waals surface area contributed by atoms with Crippen LogP contribution in [0.5, 0.6) is 0 Å². The molecule has 5 heteroatoms. The molecule has 116 valence electrons.